The highest BCUT2D eigenvalue weighted by Gasteiger charge is 2.20. The van der Waals surface area contributed by atoms with E-state index in [4.69, 9.17) is 0 Å². The smallest absolute Gasteiger partial charge is 0.418 e. The van der Waals surface area contributed by atoms with Crippen LogP contribution in [0.3, 0.4) is 0 Å². The molecule has 0 saturated heterocycles. The molecule has 8 heteroatoms. The molecule has 0 atom stereocenters. The minimum absolute atomic E-state index is 0.797. The molecule has 0 unspecified atom stereocenters. The first kappa shape index (κ1) is 12.7. The number of pyridine rings is 1. The zero-order valence-electron chi connectivity index (χ0n) is 6.92. The van der Waals surface area contributed by atoms with Crippen molar-refractivity contribution in [2.45, 2.75) is 0 Å². The fraction of sp³-hybridized carbons (Fsp3) is 0.167. The third-order valence-electron chi connectivity index (χ3n) is 0.886. The van der Waals surface area contributed by atoms with Gasteiger partial charge in [0.2, 0.25) is 12.4 Å². The molecule has 80 valence electrons. The molecule has 0 amide bonds. The summed E-state index contributed by atoms with van der Waals surface area (Å²) < 4.78 is 51.7. The molecule has 0 saturated carbocycles. The first-order chi connectivity index (χ1) is 6.43. The Labute approximate surface area is 77.0 Å². The summed E-state index contributed by atoms with van der Waals surface area (Å²) >= 11 is 0. The van der Waals surface area contributed by atoms with Gasteiger partial charge in [-0.05, 0) is 0 Å². The molecule has 0 radical (unpaired) electrons. The predicted octanol–water partition coefficient (Wildman–Crippen LogP) is 1.63. The van der Waals surface area contributed by atoms with Crippen molar-refractivity contribution in [3.8, 4) is 0 Å². The number of aromatic nitrogens is 1. The second-order valence-corrected chi connectivity index (χ2v) is 1.97. The Morgan fingerprint density at radius 1 is 1.00 bits per heavy atom. The zero-order chi connectivity index (χ0) is 11.0. The zero-order valence-corrected chi connectivity index (χ0v) is 6.92. The van der Waals surface area contributed by atoms with Crippen LogP contribution in [0.4, 0.5) is 21.7 Å². The van der Waals surface area contributed by atoms with Gasteiger partial charge in [-0.25, -0.2) is 4.84 Å². The van der Waals surface area contributed by atoms with Crippen LogP contribution in [0.1, 0.15) is 0 Å². The molecule has 0 aliphatic carbocycles. The summed E-state index contributed by atoms with van der Waals surface area (Å²) in [6.07, 6.45) is 3.25. The molecule has 0 fully saturated rings. The SMILES string of the molecule is FCO[n+]1ccccc1.F[B-](F)(F)F. The molecular weight excluding hydrogens is 208 g/mol. The van der Waals surface area contributed by atoms with Crippen molar-refractivity contribution in [3.63, 3.8) is 0 Å². The van der Waals surface area contributed by atoms with Crippen LogP contribution >= 0.6 is 0 Å². The summed E-state index contributed by atoms with van der Waals surface area (Å²) in [6.45, 7) is -0.797. The van der Waals surface area contributed by atoms with Gasteiger partial charge >= 0.3 is 7.25 Å². The van der Waals surface area contributed by atoms with Crippen molar-refractivity contribution < 1.29 is 31.2 Å². The highest BCUT2D eigenvalue weighted by atomic mass is 19.5. The molecule has 0 aromatic carbocycles. The fourth-order valence-corrected chi connectivity index (χ4v) is 0.525. The van der Waals surface area contributed by atoms with E-state index in [1.807, 2.05) is 6.07 Å². The van der Waals surface area contributed by atoms with Crippen LogP contribution in [-0.4, -0.2) is 14.1 Å². The molecule has 1 rings (SSSR count). The van der Waals surface area contributed by atoms with Gasteiger partial charge in [0.05, 0.1) is 0 Å². The topological polar surface area (TPSA) is 13.1 Å². The summed E-state index contributed by atoms with van der Waals surface area (Å²) in [7, 11) is -6.00. The Hall–Kier alpha value is -1.34. The first-order valence-electron chi connectivity index (χ1n) is 3.46. The number of nitrogens with zero attached hydrogens (tertiary/aromatic N) is 1. The maximum atomic E-state index is 11.4. The van der Waals surface area contributed by atoms with Gasteiger partial charge in [0.15, 0.2) is 0 Å². The molecule has 0 bridgehead atoms. The number of alkyl halides is 1. The van der Waals surface area contributed by atoms with Crippen molar-refractivity contribution in [3.05, 3.63) is 30.6 Å². The van der Waals surface area contributed by atoms with Crippen LogP contribution in [0.2, 0.25) is 0 Å². The standard InChI is InChI=1S/C6H7FNO.BF4/c7-6-9-8-4-2-1-3-5-8;2-1(3,4)5/h1-5H,6H2;/q+1;-1. The lowest BCUT2D eigenvalue weighted by Crippen LogP contribution is -2.41. The van der Waals surface area contributed by atoms with Crippen molar-refractivity contribution in [2.75, 3.05) is 6.86 Å². The molecule has 0 spiro atoms. The number of hydrogen-bond donors (Lipinski definition) is 0. The second-order valence-electron chi connectivity index (χ2n) is 1.97. The molecule has 2 nitrogen and oxygen atoms in total. The maximum absolute atomic E-state index is 11.4. The van der Waals surface area contributed by atoms with E-state index < -0.39 is 14.1 Å². The summed E-state index contributed by atoms with van der Waals surface area (Å²) in [6, 6.07) is 5.35. The Morgan fingerprint density at radius 2 is 1.43 bits per heavy atom. The molecule has 14 heavy (non-hydrogen) atoms. The maximum Gasteiger partial charge on any atom is 0.673 e. The third-order valence-corrected chi connectivity index (χ3v) is 0.886. The Morgan fingerprint density at radius 3 is 1.79 bits per heavy atom. The molecule has 1 aromatic heterocycles. The van der Waals surface area contributed by atoms with Gasteiger partial charge in [0.25, 0.3) is 6.86 Å². The van der Waals surface area contributed by atoms with Gasteiger partial charge in [0.1, 0.15) is 0 Å². The molecule has 1 heterocycles. The number of rotatable bonds is 2. The number of hydrogen-bond acceptors (Lipinski definition) is 1. The van der Waals surface area contributed by atoms with Gasteiger partial charge in [-0.15, -0.1) is 0 Å². The lowest BCUT2D eigenvalue weighted by atomic mass is 10.3. The van der Waals surface area contributed by atoms with Gasteiger partial charge < -0.3 is 17.3 Å². The van der Waals surface area contributed by atoms with E-state index in [9.17, 15) is 21.7 Å². The molecule has 0 aliphatic rings. The van der Waals surface area contributed by atoms with Crippen LogP contribution in [0.15, 0.2) is 30.6 Å². The first-order valence-corrected chi connectivity index (χ1v) is 3.46. The average molecular weight is 215 g/mol. The Kier molecular flexibility index (Phi) is 5.58. The Balaban J connectivity index is 0.000000292. The monoisotopic (exact) mass is 215 g/mol. The largest absolute Gasteiger partial charge is 0.673 e. The lowest BCUT2D eigenvalue weighted by Gasteiger charge is -1.94. The van der Waals surface area contributed by atoms with Crippen molar-refractivity contribution in [2.24, 2.45) is 0 Å². The molecular formula is C6H7BF5NO. The van der Waals surface area contributed by atoms with Gasteiger partial charge in [-0.2, -0.15) is 4.39 Å². The van der Waals surface area contributed by atoms with Crippen LogP contribution < -0.4 is 9.57 Å². The van der Waals surface area contributed by atoms with Crippen molar-refractivity contribution in [1.29, 1.82) is 0 Å². The van der Waals surface area contributed by atoms with Crippen LogP contribution in [0.5, 0.6) is 0 Å². The van der Waals surface area contributed by atoms with E-state index in [2.05, 4.69) is 4.84 Å². The quantitative estimate of drug-likeness (QED) is 0.415. The Bertz CT molecular complexity index is 236. The lowest BCUT2D eigenvalue weighted by molar-refractivity contribution is -0.895. The summed E-state index contributed by atoms with van der Waals surface area (Å²) in [5, 5.41) is 0. The van der Waals surface area contributed by atoms with E-state index in [-0.39, 0.29) is 0 Å². The molecule has 1 aromatic rings. The van der Waals surface area contributed by atoms with Crippen LogP contribution in [0.25, 0.3) is 0 Å². The highest BCUT2D eigenvalue weighted by molar-refractivity contribution is 6.50. The van der Waals surface area contributed by atoms with Crippen molar-refractivity contribution in [1.82, 2.24) is 0 Å². The number of halogens is 5. The van der Waals surface area contributed by atoms with Crippen molar-refractivity contribution >= 4 is 7.25 Å². The van der Waals surface area contributed by atoms with E-state index in [1.54, 1.807) is 24.5 Å². The van der Waals surface area contributed by atoms with E-state index in [1.165, 1.54) is 4.73 Å². The minimum Gasteiger partial charge on any atom is -0.418 e. The normalized spacial score (nSPS) is 10.1. The summed E-state index contributed by atoms with van der Waals surface area (Å²) in [5.74, 6) is 0. The summed E-state index contributed by atoms with van der Waals surface area (Å²) in [4.78, 5) is 4.46. The van der Waals surface area contributed by atoms with E-state index in [0.29, 0.717) is 0 Å². The third kappa shape index (κ3) is 10.7. The van der Waals surface area contributed by atoms with Gasteiger partial charge in [-0.1, -0.05) is 6.07 Å². The van der Waals surface area contributed by atoms with E-state index >= 15 is 0 Å². The highest BCUT2D eigenvalue weighted by Crippen LogP contribution is 2.06. The van der Waals surface area contributed by atoms with Crippen LogP contribution in [0, 0.1) is 0 Å². The van der Waals surface area contributed by atoms with Crippen LogP contribution in [-0.2, 0) is 0 Å². The van der Waals surface area contributed by atoms with Gasteiger partial charge in [-0.3, -0.25) is 0 Å². The minimum atomic E-state index is -6.00. The molecule has 0 N–H and O–H groups in total. The predicted molar refractivity (Wildman–Crippen MR) is 39.4 cm³/mol. The average Bonchev–Trinajstić information content (AvgIpc) is 2.03. The molecule has 0 aliphatic heterocycles. The van der Waals surface area contributed by atoms with Gasteiger partial charge in [0, 0.05) is 16.9 Å². The fourth-order valence-electron chi connectivity index (χ4n) is 0.525. The summed E-state index contributed by atoms with van der Waals surface area (Å²) in [5.41, 5.74) is 0. The van der Waals surface area contributed by atoms with E-state index in [0.717, 1.165) is 0 Å². The second kappa shape index (κ2) is 6.17.